The van der Waals surface area contributed by atoms with Crippen molar-refractivity contribution < 1.29 is 22.7 Å². The van der Waals surface area contributed by atoms with Crippen LogP contribution in [0.15, 0.2) is 18.2 Å². The van der Waals surface area contributed by atoms with Gasteiger partial charge in [0.25, 0.3) is 0 Å². The standard InChI is InChI=1S/C12H8ClF3O2/c1-18-11(17)4-2-3-8-5-6-9(7-10(8)13)12(14,15)16/h5-7H,4H2,1H3. The van der Waals surface area contributed by atoms with Crippen LogP contribution in [-0.4, -0.2) is 13.1 Å². The van der Waals surface area contributed by atoms with Crippen LogP contribution >= 0.6 is 11.6 Å². The number of halogens is 4. The normalized spacial score (nSPS) is 10.5. The van der Waals surface area contributed by atoms with Gasteiger partial charge in [0.15, 0.2) is 0 Å². The molecule has 6 heteroatoms. The summed E-state index contributed by atoms with van der Waals surface area (Å²) >= 11 is 5.67. The SMILES string of the molecule is COC(=O)CC#Cc1ccc(C(F)(F)F)cc1Cl. The van der Waals surface area contributed by atoms with E-state index >= 15 is 0 Å². The fourth-order valence-electron chi connectivity index (χ4n) is 1.08. The van der Waals surface area contributed by atoms with Crippen LogP contribution in [0.25, 0.3) is 0 Å². The number of ether oxygens (including phenoxy) is 1. The molecule has 18 heavy (non-hydrogen) atoms. The molecule has 0 aliphatic carbocycles. The largest absolute Gasteiger partial charge is 0.468 e. The molecule has 0 aliphatic rings. The summed E-state index contributed by atoms with van der Waals surface area (Å²) in [5, 5.41) is -0.109. The molecule has 0 aliphatic heterocycles. The van der Waals surface area contributed by atoms with E-state index in [2.05, 4.69) is 16.6 Å². The summed E-state index contributed by atoms with van der Waals surface area (Å²) in [5.74, 6) is 4.45. The van der Waals surface area contributed by atoms with E-state index in [0.29, 0.717) is 0 Å². The molecule has 0 radical (unpaired) electrons. The van der Waals surface area contributed by atoms with E-state index in [1.165, 1.54) is 7.11 Å². The highest BCUT2D eigenvalue weighted by molar-refractivity contribution is 6.31. The molecular formula is C12H8ClF3O2. The molecule has 0 spiro atoms. The Bertz CT molecular complexity index is 512. The first kappa shape index (κ1) is 14.4. The molecule has 0 saturated heterocycles. The lowest BCUT2D eigenvalue weighted by Gasteiger charge is -2.07. The Hall–Kier alpha value is -1.67. The zero-order chi connectivity index (χ0) is 13.8. The molecule has 0 amide bonds. The molecular weight excluding hydrogens is 269 g/mol. The third kappa shape index (κ3) is 3.97. The van der Waals surface area contributed by atoms with Crippen LogP contribution in [0.5, 0.6) is 0 Å². The first-order valence-corrected chi connectivity index (χ1v) is 5.15. The van der Waals surface area contributed by atoms with Crippen LogP contribution in [0.3, 0.4) is 0 Å². The minimum atomic E-state index is -4.44. The molecule has 96 valence electrons. The Labute approximate surface area is 107 Å². The third-order valence-corrected chi connectivity index (χ3v) is 2.29. The summed E-state index contributed by atoms with van der Waals surface area (Å²) in [5.41, 5.74) is -0.611. The first-order chi connectivity index (χ1) is 8.34. The smallest absolute Gasteiger partial charge is 0.416 e. The van der Waals surface area contributed by atoms with Crippen molar-refractivity contribution in [3.63, 3.8) is 0 Å². The fraction of sp³-hybridized carbons (Fsp3) is 0.250. The van der Waals surface area contributed by atoms with Gasteiger partial charge in [-0.3, -0.25) is 4.79 Å². The number of hydrogen-bond donors (Lipinski definition) is 0. The zero-order valence-corrected chi connectivity index (χ0v) is 10.0. The topological polar surface area (TPSA) is 26.3 Å². The molecule has 2 nitrogen and oxygen atoms in total. The minimum Gasteiger partial charge on any atom is -0.468 e. The predicted molar refractivity (Wildman–Crippen MR) is 60.0 cm³/mol. The monoisotopic (exact) mass is 276 g/mol. The first-order valence-electron chi connectivity index (χ1n) is 4.77. The van der Waals surface area contributed by atoms with Gasteiger partial charge in [0.2, 0.25) is 0 Å². The number of hydrogen-bond acceptors (Lipinski definition) is 2. The average molecular weight is 277 g/mol. The number of methoxy groups -OCH3 is 1. The minimum absolute atomic E-state index is 0.109. The summed E-state index contributed by atoms with van der Waals surface area (Å²) in [4.78, 5) is 10.8. The van der Waals surface area contributed by atoms with Crippen molar-refractivity contribution in [3.8, 4) is 11.8 Å². The second-order valence-electron chi connectivity index (χ2n) is 3.25. The summed E-state index contributed by atoms with van der Waals surface area (Å²) in [6, 6.07) is 2.84. The third-order valence-electron chi connectivity index (χ3n) is 1.98. The highest BCUT2D eigenvalue weighted by Gasteiger charge is 2.30. The highest BCUT2D eigenvalue weighted by atomic mass is 35.5. The van der Waals surface area contributed by atoms with Crippen molar-refractivity contribution in [1.29, 1.82) is 0 Å². The van der Waals surface area contributed by atoms with E-state index in [0.717, 1.165) is 18.2 Å². The van der Waals surface area contributed by atoms with Crippen molar-refractivity contribution in [2.24, 2.45) is 0 Å². The van der Waals surface area contributed by atoms with Gasteiger partial charge < -0.3 is 4.74 Å². The van der Waals surface area contributed by atoms with Gasteiger partial charge in [0.1, 0.15) is 6.42 Å². The van der Waals surface area contributed by atoms with Gasteiger partial charge in [-0.25, -0.2) is 0 Å². The Morgan fingerprint density at radius 1 is 1.44 bits per heavy atom. The number of benzene rings is 1. The van der Waals surface area contributed by atoms with Gasteiger partial charge in [0, 0.05) is 5.56 Å². The van der Waals surface area contributed by atoms with Gasteiger partial charge in [-0.05, 0) is 18.2 Å². The molecule has 1 aromatic rings. The van der Waals surface area contributed by atoms with Crippen molar-refractivity contribution >= 4 is 17.6 Å². The molecule has 0 saturated carbocycles. The Morgan fingerprint density at radius 3 is 2.61 bits per heavy atom. The second kappa shape index (κ2) is 5.78. The lowest BCUT2D eigenvalue weighted by molar-refractivity contribution is -0.139. The molecule has 0 unspecified atom stereocenters. The quantitative estimate of drug-likeness (QED) is 0.581. The zero-order valence-electron chi connectivity index (χ0n) is 9.27. The summed E-state index contributed by atoms with van der Waals surface area (Å²) < 4.78 is 41.4. The van der Waals surface area contributed by atoms with Crippen LogP contribution in [0.2, 0.25) is 5.02 Å². The predicted octanol–water partition coefficient (Wildman–Crippen LogP) is 3.27. The average Bonchev–Trinajstić information content (AvgIpc) is 2.29. The van der Waals surface area contributed by atoms with Crippen LogP contribution in [0.4, 0.5) is 13.2 Å². The number of rotatable bonds is 1. The number of carbonyl (C=O) groups excluding carboxylic acids is 1. The fourth-order valence-corrected chi connectivity index (χ4v) is 1.30. The van der Waals surface area contributed by atoms with Crippen molar-refractivity contribution in [3.05, 3.63) is 34.3 Å². The molecule has 0 N–H and O–H groups in total. The van der Waals surface area contributed by atoms with Crippen LogP contribution in [-0.2, 0) is 15.7 Å². The van der Waals surface area contributed by atoms with E-state index < -0.39 is 17.7 Å². The number of carbonyl (C=O) groups is 1. The summed E-state index contributed by atoms with van der Waals surface area (Å²) in [6.45, 7) is 0. The highest BCUT2D eigenvalue weighted by Crippen LogP contribution is 2.31. The van der Waals surface area contributed by atoms with Gasteiger partial charge >= 0.3 is 12.1 Å². The lowest BCUT2D eigenvalue weighted by atomic mass is 10.1. The van der Waals surface area contributed by atoms with Crippen molar-refractivity contribution in [2.75, 3.05) is 7.11 Å². The Kier molecular flexibility index (Phi) is 4.62. The number of esters is 1. The second-order valence-corrected chi connectivity index (χ2v) is 3.65. The molecule has 0 bridgehead atoms. The summed E-state index contributed by atoms with van der Waals surface area (Å²) in [7, 11) is 1.22. The van der Waals surface area contributed by atoms with Crippen LogP contribution in [0.1, 0.15) is 17.5 Å². The molecule has 0 atom stereocenters. The molecule has 0 aromatic heterocycles. The van der Waals surface area contributed by atoms with Crippen LogP contribution in [0, 0.1) is 11.8 Å². The van der Waals surface area contributed by atoms with Gasteiger partial charge in [-0.15, -0.1) is 0 Å². The maximum atomic E-state index is 12.3. The van der Waals surface area contributed by atoms with Gasteiger partial charge in [-0.2, -0.15) is 13.2 Å². The maximum absolute atomic E-state index is 12.3. The van der Waals surface area contributed by atoms with Crippen molar-refractivity contribution in [2.45, 2.75) is 12.6 Å². The molecule has 0 heterocycles. The number of alkyl halides is 3. The van der Waals surface area contributed by atoms with Crippen molar-refractivity contribution in [1.82, 2.24) is 0 Å². The van der Waals surface area contributed by atoms with Gasteiger partial charge in [0.05, 0.1) is 17.7 Å². The molecule has 1 rings (SSSR count). The van der Waals surface area contributed by atoms with E-state index in [1.807, 2.05) is 0 Å². The van der Waals surface area contributed by atoms with E-state index in [1.54, 1.807) is 0 Å². The van der Waals surface area contributed by atoms with E-state index in [9.17, 15) is 18.0 Å². The van der Waals surface area contributed by atoms with Crippen LogP contribution < -0.4 is 0 Å². The maximum Gasteiger partial charge on any atom is 0.416 e. The molecule has 1 aromatic carbocycles. The Balaban J connectivity index is 2.90. The van der Waals surface area contributed by atoms with E-state index in [-0.39, 0.29) is 17.0 Å². The summed E-state index contributed by atoms with van der Waals surface area (Å²) in [6.07, 6.45) is -4.59. The Morgan fingerprint density at radius 2 is 2.11 bits per heavy atom. The van der Waals surface area contributed by atoms with E-state index in [4.69, 9.17) is 11.6 Å². The van der Waals surface area contributed by atoms with Gasteiger partial charge in [-0.1, -0.05) is 23.4 Å². The molecule has 0 fully saturated rings. The lowest BCUT2D eigenvalue weighted by Crippen LogP contribution is -2.04.